The molecular weight excluding hydrogens is 211 g/mol. The highest BCUT2D eigenvalue weighted by Crippen LogP contribution is 2.31. The van der Waals surface area contributed by atoms with E-state index in [4.69, 9.17) is 34.8 Å². The van der Waals surface area contributed by atoms with E-state index in [2.05, 4.69) is 10.4 Å². The topological polar surface area (TPSA) is 76.4 Å². The summed E-state index contributed by atoms with van der Waals surface area (Å²) in [4.78, 5) is 3.88. The van der Waals surface area contributed by atoms with Gasteiger partial charge in [0.2, 0.25) is 5.96 Å². The monoisotopic (exact) mass is 218 g/mol. The Hall–Kier alpha value is -0.970. The van der Waals surface area contributed by atoms with Gasteiger partial charge in [0.25, 0.3) is 0 Å². The molecule has 0 atom stereocenters. The van der Waals surface area contributed by atoms with Gasteiger partial charge in [-0.15, -0.1) is 0 Å². The molecule has 13 heavy (non-hydrogen) atoms. The summed E-state index contributed by atoms with van der Waals surface area (Å²) in [5, 5.41) is 0.773. The first-order chi connectivity index (χ1) is 6.15. The fraction of sp³-hybridized carbons (Fsp3) is 0. The zero-order valence-corrected chi connectivity index (χ0v) is 8.10. The normalized spacial score (nSPS) is 11.5. The van der Waals surface area contributed by atoms with Crippen LogP contribution < -0.4 is 17.0 Å². The van der Waals surface area contributed by atoms with Crippen LogP contribution in [0.3, 0.4) is 0 Å². The Balaban J connectivity index is 3.09. The van der Waals surface area contributed by atoms with Crippen molar-refractivity contribution in [3.8, 4) is 0 Å². The maximum atomic E-state index is 5.83. The second-order valence-electron chi connectivity index (χ2n) is 2.21. The Kier molecular flexibility index (Phi) is 3.36. The molecule has 0 aromatic heterocycles. The standard InChI is InChI=1S/C7H8Cl2N4/c8-4-2-1-3-5(6(4)9)12-7(10)13-11/h1-3H,11H2,(H3,10,12,13). The number of halogens is 2. The van der Waals surface area contributed by atoms with Crippen LogP contribution in [0.5, 0.6) is 0 Å². The number of hydrazine groups is 1. The van der Waals surface area contributed by atoms with E-state index in [0.29, 0.717) is 15.7 Å². The minimum Gasteiger partial charge on any atom is -0.369 e. The van der Waals surface area contributed by atoms with Crippen molar-refractivity contribution in [3.63, 3.8) is 0 Å². The zero-order chi connectivity index (χ0) is 9.84. The Morgan fingerprint density at radius 1 is 1.38 bits per heavy atom. The van der Waals surface area contributed by atoms with Gasteiger partial charge in [-0.1, -0.05) is 29.3 Å². The van der Waals surface area contributed by atoms with Crippen LogP contribution in [0, 0.1) is 0 Å². The average Bonchev–Trinajstić information content (AvgIpc) is 2.13. The molecule has 0 aliphatic carbocycles. The number of benzene rings is 1. The molecule has 1 aromatic carbocycles. The molecule has 4 nitrogen and oxygen atoms in total. The van der Waals surface area contributed by atoms with E-state index >= 15 is 0 Å². The highest BCUT2D eigenvalue weighted by atomic mass is 35.5. The number of nitrogens with one attached hydrogen (secondary N) is 1. The van der Waals surface area contributed by atoms with E-state index < -0.39 is 0 Å². The molecule has 1 aromatic rings. The lowest BCUT2D eigenvalue weighted by molar-refractivity contribution is 1.01. The van der Waals surface area contributed by atoms with Gasteiger partial charge in [0, 0.05) is 0 Å². The first kappa shape index (κ1) is 10.1. The minimum absolute atomic E-state index is 0.0733. The Morgan fingerprint density at radius 3 is 2.69 bits per heavy atom. The van der Waals surface area contributed by atoms with Gasteiger partial charge in [-0.05, 0) is 12.1 Å². The second kappa shape index (κ2) is 4.32. The van der Waals surface area contributed by atoms with Gasteiger partial charge < -0.3 is 5.73 Å². The van der Waals surface area contributed by atoms with Gasteiger partial charge in [-0.2, -0.15) is 0 Å². The fourth-order valence-electron chi connectivity index (χ4n) is 0.741. The molecule has 0 aliphatic heterocycles. The van der Waals surface area contributed by atoms with Gasteiger partial charge in [-0.25, -0.2) is 10.8 Å². The summed E-state index contributed by atoms with van der Waals surface area (Å²) in [6.45, 7) is 0. The van der Waals surface area contributed by atoms with Crippen LogP contribution in [0.1, 0.15) is 0 Å². The molecule has 0 amide bonds. The van der Waals surface area contributed by atoms with Crippen molar-refractivity contribution in [3.05, 3.63) is 28.2 Å². The number of hydrogen-bond donors (Lipinski definition) is 3. The van der Waals surface area contributed by atoms with E-state index in [1.54, 1.807) is 18.2 Å². The molecular formula is C7H8Cl2N4. The summed E-state index contributed by atoms with van der Waals surface area (Å²) >= 11 is 11.6. The molecule has 0 unspecified atom stereocenters. The molecule has 0 radical (unpaired) electrons. The lowest BCUT2D eigenvalue weighted by Gasteiger charge is -2.01. The number of hydrogen-bond acceptors (Lipinski definition) is 2. The van der Waals surface area contributed by atoms with E-state index in [1.807, 2.05) is 0 Å². The van der Waals surface area contributed by atoms with Crippen LogP contribution in [0.25, 0.3) is 0 Å². The fourth-order valence-corrected chi connectivity index (χ4v) is 1.08. The maximum absolute atomic E-state index is 5.83. The number of nitrogens with two attached hydrogens (primary N) is 2. The van der Waals surface area contributed by atoms with Crippen molar-refractivity contribution < 1.29 is 0 Å². The van der Waals surface area contributed by atoms with Gasteiger partial charge in [-0.3, -0.25) is 5.43 Å². The summed E-state index contributed by atoms with van der Waals surface area (Å²) in [5.74, 6) is 5.10. The first-order valence-electron chi connectivity index (χ1n) is 3.40. The lowest BCUT2D eigenvalue weighted by Crippen LogP contribution is -2.36. The van der Waals surface area contributed by atoms with Crippen LogP contribution in [0.4, 0.5) is 5.69 Å². The third-order valence-electron chi connectivity index (χ3n) is 1.32. The van der Waals surface area contributed by atoms with E-state index in [9.17, 15) is 0 Å². The van der Waals surface area contributed by atoms with Crippen LogP contribution in [0.15, 0.2) is 23.2 Å². The predicted molar refractivity (Wildman–Crippen MR) is 55.1 cm³/mol. The maximum Gasteiger partial charge on any atom is 0.208 e. The molecule has 0 saturated heterocycles. The van der Waals surface area contributed by atoms with Gasteiger partial charge in [0.1, 0.15) is 0 Å². The first-order valence-corrected chi connectivity index (χ1v) is 4.15. The number of aliphatic imine (C=N–C) groups is 1. The van der Waals surface area contributed by atoms with Crippen molar-refractivity contribution in [1.82, 2.24) is 5.43 Å². The van der Waals surface area contributed by atoms with Crippen molar-refractivity contribution in [2.75, 3.05) is 0 Å². The summed E-state index contributed by atoms with van der Waals surface area (Å²) in [7, 11) is 0. The van der Waals surface area contributed by atoms with Crippen LogP contribution in [0.2, 0.25) is 10.0 Å². The molecule has 1 rings (SSSR count). The van der Waals surface area contributed by atoms with Crippen molar-refractivity contribution in [2.24, 2.45) is 16.6 Å². The highest BCUT2D eigenvalue weighted by molar-refractivity contribution is 6.43. The molecule has 0 aliphatic rings. The van der Waals surface area contributed by atoms with Crippen LogP contribution in [-0.4, -0.2) is 5.96 Å². The molecule has 0 bridgehead atoms. The molecule has 0 fully saturated rings. The molecule has 0 spiro atoms. The number of nitrogens with zero attached hydrogens (tertiary/aromatic N) is 1. The summed E-state index contributed by atoms with van der Waals surface area (Å²) < 4.78 is 0. The van der Waals surface area contributed by atoms with Gasteiger partial charge >= 0.3 is 0 Å². The molecule has 0 heterocycles. The van der Waals surface area contributed by atoms with Crippen LogP contribution in [-0.2, 0) is 0 Å². The second-order valence-corrected chi connectivity index (χ2v) is 3.00. The lowest BCUT2D eigenvalue weighted by atomic mass is 10.3. The summed E-state index contributed by atoms with van der Waals surface area (Å²) in [6, 6.07) is 5.06. The van der Waals surface area contributed by atoms with E-state index in [1.165, 1.54) is 0 Å². The molecule has 6 heteroatoms. The van der Waals surface area contributed by atoms with Crippen molar-refractivity contribution in [1.29, 1.82) is 0 Å². The third kappa shape index (κ3) is 2.48. The van der Waals surface area contributed by atoms with E-state index in [0.717, 1.165) is 0 Å². The summed E-state index contributed by atoms with van der Waals surface area (Å²) in [6.07, 6.45) is 0. The van der Waals surface area contributed by atoms with Gasteiger partial charge in [0.15, 0.2) is 0 Å². The molecule has 0 saturated carbocycles. The smallest absolute Gasteiger partial charge is 0.208 e. The number of guanidine groups is 1. The predicted octanol–water partition coefficient (Wildman–Crippen LogP) is 1.40. The Bertz CT molecular complexity index is 337. The molecule has 70 valence electrons. The zero-order valence-electron chi connectivity index (χ0n) is 6.59. The van der Waals surface area contributed by atoms with Crippen molar-refractivity contribution >= 4 is 34.8 Å². The number of rotatable bonds is 1. The highest BCUT2D eigenvalue weighted by Gasteiger charge is 2.02. The SMILES string of the molecule is NNC(N)=Nc1cccc(Cl)c1Cl. The summed E-state index contributed by atoms with van der Waals surface area (Å²) in [5.41, 5.74) is 8.00. The quantitative estimate of drug-likeness (QED) is 0.289. The molecule has 5 N–H and O–H groups in total. The Labute approximate surface area is 85.5 Å². The van der Waals surface area contributed by atoms with Gasteiger partial charge in [0.05, 0.1) is 15.7 Å². The van der Waals surface area contributed by atoms with E-state index in [-0.39, 0.29) is 5.96 Å². The minimum atomic E-state index is 0.0733. The van der Waals surface area contributed by atoms with Crippen LogP contribution >= 0.6 is 23.2 Å². The average molecular weight is 219 g/mol. The third-order valence-corrected chi connectivity index (χ3v) is 2.13. The Morgan fingerprint density at radius 2 is 2.08 bits per heavy atom. The largest absolute Gasteiger partial charge is 0.369 e. The van der Waals surface area contributed by atoms with Crippen molar-refractivity contribution in [2.45, 2.75) is 0 Å².